The van der Waals surface area contributed by atoms with Crippen molar-refractivity contribution < 1.29 is 9.84 Å². The third-order valence-electron chi connectivity index (χ3n) is 5.09. The third kappa shape index (κ3) is 4.35. The maximum atomic E-state index is 12.6. The molecule has 4 aromatic rings. The molecular weight excluding hydrogens is 428 g/mol. The molecule has 0 radical (unpaired) electrons. The highest BCUT2D eigenvalue weighted by atomic mass is 32.2. The van der Waals surface area contributed by atoms with E-state index in [1.807, 2.05) is 61.5 Å². The van der Waals surface area contributed by atoms with Crippen LogP contribution in [0.15, 0.2) is 69.4 Å². The molecule has 2 aromatic carbocycles. The first kappa shape index (κ1) is 21.9. The lowest BCUT2D eigenvalue weighted by Gasteiger charge is -2.16. The maximum Gasteiger partial charge on any atom is 0.329 e. The molecule has 0 amide bonds. The Morgan fingerprint density at radius 1 is 1.22 bits per heavy atom. The Morgan fingerprint density at radius 3 is 2.81 bits per heavy atom. The van der Waals surface area contributed by atoms with E-state index in [0.29, 0.717) is 16.7 Å². The molecule has 0 spiro atoms. The fourth-order valence-corrected chi connectivity index (χ4v) is 4.39. The van der Waals surface area contributed by atoms with Gasteiger partial charge in [0.25, 0.3) is 5.56 Å². The van der Waals surface area contributed by atoms with Crippen molar-refractivity contribution in [3.8, 4) is 5.75 Å². The topological polar surface area (TPSA) is 102 Å². The molecule has 2 aromatic heterocycles. The Morgan fingerprint density at radius 2 is 2.00 bits per heavy atom. The van der Waals surface area contributed by atoms with Gasteiger partial charge in [0.2, 0.25) is 0 Å². The number of H-pyrrole nitrogens is 1. The molecule has 0 saturated heterocycles. The van der Waals surface area contributed by atoms with Crippen molar-refractivity contribution in [1.82, 2.24) is 19.1 Å². The number of aliphatic hydroxyl groups is 1. The quantitative estimate of drug-likeness (QED) is 0.315. The van der Waals surface area contributed by atoms with E-state index in [0.717, 1.165) is 10.8 Å². The van der Waals surface area contributed by atoms with Gasteiger partial charge in [-0.3, -0.25) is 14.3 Å². The normalized spacial score (nSPS) is 12.7. The fourth-order valence-electron chi connectivity index (χ4n) is 3.48. The number of aliphatic hydroxyl groups excluding tert-OH is 1. The van der Waals surface area contributed by atoms with Crippen molar-refractivity contribution in [3.05, 3.63) is 75.5 Å². The highest BCUT2D eigenvalue weighted by Crippen LogP contribution is 2.26. The number of fused-ring (bicyclic) bond motifs is 2. The molecule has 0 aliphatic heterocycles. The lowest BCUT2D eigenvalue weighted by Crippen LogP contribution is -2.30. The summed E-state index contributed by atoms with van der Waals surface area (Å²) in [6.07, 6.45) is 3.00. The van der Waals surface area contributed by atoms with Crippen LogP contribution in [0.25, 0.3) is 21.9 Å². The second-order valence-corrected chi connectivity index (χ2v) is 8.30. The number of benzene rings is 2. The number of aromatic nitrogens is 4. The van der Waals surface area contributed by atoms with E-state index in [2.05, 4.69) is 9.97 Å². The van der Waals surface area contributed by atoms with Gasteiger partial charge >= 0.3 is 5.69 Å². The molecule has 2 heterocycles. The Labute approximate surface area is 188 Å². The van der Waals surface area contributed by atoms with E-state index in [9.17, 15) is 14.7 Å². The lowest BCUT2D eigenvalue weighted by molar-refractivity contribution is 0.0921. The van der Waals surface area contributed by atoms with Gasteiger partial charge in [-0.1, -0.05) is 60.3 Å². The highest BCUT2D eigenvalue weighted by molar-refractivity contribution is 7.99. The number of thioether (sulfide) groups is 1. The second-order valence-electron chi connectivity index (χ2n) is 7.32. The van der Waals surface area contributed by atoms with Crippen molar-refractivity contribution in [3.63, 3.8) is 0 Å². The van der Waals surface area contributed by atoms with Crippen LogP contribution in [-0.4, -0.2) is 42.7 Å². The van der Waals surface area contributed by atoms with E-state index < -0.39 is 17.4 Å². The number of nitrogens with one attached hydrogen (secondary N) is 1. The van der Waals surface area contributed by atoms with Gasteiger partial charge in [-0.05, 0) is 18.4 Å². The minimum Gasteiger partial charge on any atom is -0.490 e. The molecule has 4 rings (SSSR count). The molecule has 0 aliphatic rings. The lowest BCUT2D eigenvalue weighted by atomic mass is 10.1. The van der Waals surface area contributed by atoms with Crippen molar-refractivity contribution in [2.45, 2.75) is 24.7 Å². The zero-order chi connectivity index (χ0) is 22.7. The molecule has 1 unspecified atom stereocenters. The van der Waals surface area contributed by atoms with Gasteiger partial charge in [-0.2, -0.15) is 0 Å². The van der Waals surface area contributed by atoms with Crippen LogP contribution < -0.4 is 16.0 Å². The molecule has 8 nitrogen and oxygen atoms in total. The molecule has 0 bridgehead atoms. The monoisotopic (exact) mass is 452 g/mol. The molecular formula is C23H24N4O4S. The number of nitrogens with zero attached hydrogens (tertiary/aromatic N) is 3. The summed E-state index contributed by atoms with van der Waals surface area (Å²) in [4.78, 5) is 31.4. The molecule has 0 saturated carbocycles. The molecule has 9 heteroatoms. The highest BCUT2D eigenvalue weighted by Gasteiger charge is 2.20. The first-order valence-electron chi connectivity index (χ1n) is 10.2. The molecule has 166 valence electrons. The summed E-state index contributed by atoms with van der Waals surface area (Å²) in [5.41, 5.74) is -0.532. The van der Waals surface area contributed by atoms with E-state index >= 15 is 0 Å². The summed E-state index contributed by atoms with van der Waals surface area (Å²) in [5.74, 6) is 1.33. The molecule has 0 aliphatic carbocycles. The van der Waals surface area contributed by atoms with Gasteiger partial charge in [0, 0.05) is 18.2 Å². The van der Waals surface area contributed by atoms with Crippen molar-refractivity contribution >= 4 is 33.7 Å². The summed E-state index contributed by atoms with van der Waals surface area (Å²) in [6.45, 7) is 2.06. The zero-order valence-electron chi connectivity index (χ0n) is 17.8. The van der Waals surface area contributed by atoms with Gasteiger partial charge < -0.3 is 14.4 Å². The summed E-state index contributed by atoms with van der Waals surface area (Å²) >= 11 is 1.42. The number of aromatic amines is 1. The number of ether oxygens (including phenoxy) is 1. The Balaban J connectivity index is 1.62. The Kier molecular flexibility index (Phi) is 6.48. The number of hydrogen-bond donors (Lipinski definition) is 2. The smallest absolute Gasteiger partial charge is 0.329 e. The van der Waals surface area contributed by atoms with E-state index in [4.69, 9.17) is 4.74 Å². The van der Waals surface area contributed by atoms with Crippen molar-refractivity contribution in [2.75, 3.05) is 12.4 Å². The van der Waals surface area contributed by atoms with Gasteiger partial charge in [-0.25, -0.2) is 9.78 Å². The molecule has 2 N–H and O–H groups in total. The maximum absolute atomic E-state index is 12.6. The summed E-state index contributed by atoms with van der Waals surface area (Å²) in [5, 5.41) is 13.3. The van der Waals surface area contributed by atoms with Crippen molar-refractivity contribution in [1.29, 1.82) is 0 Å². The van der Waals surface area contributed by atoms with Crippen LogP contribution in [0.4, 0.5) is 0 Å². The van der Waals surface area contributed by atoms with Gasteiger partial charge in [0.1, 0.15) is 18.5 Å². The van der Waals surface area contributed by atoms with Gasteiger partial charge in [0.05, 0.1) is 6.54 Å². The van der Waals surface area contributed by atoms with E-state index in [-0.39, 0.29) is 24.3 Å². The first-order chi connectivity index (χ1) is 15.5. The second kappa shape index (κ2) is 9.46. The summed E-state index contributed by atoms with van der Waals surface area (Å²) < 4.78 is 8.86. The third-order valence-corrected chi connectivity index (χ3v) is 6.02. The Bertz CT molecular complexity index is 1400. The van der Waals surface area contributed by atoms with E-state index in [1.54, 1.807) is 11.6 Å². The minimum absolute atomic E-state index is 0.0380. The summed E-state index contributed by atoms with van der Waals surface area (Å²) in [7, 11) is 1.55. The zero-order valence-corrected chi connectivity index (χ0v) is 18.6. The molecule has 32 heavy (non-hydrogen) atoms. The van der Waals surface area contributed by atoms with E-state index in [1.165, 1.54) is 16.3 Å². The van der Waals surface area contributed by atoms with Gasteiger partial charge in [0.15, 0.2) is 16.3 Å². The molecule has 0 fully saturated rings. The number of rotatable bonds is 8. The standard InChI is InChI=1S/C23H24N4O4S/c1-3-4-12-32-23-24-20-19(21(29)25-22(30)26(20)2)27(23)13-16(28)14-31-18-11-7-9-15-8-5-6-10-17(15)18/h3-11,16,28H,12-14H2,1-2H3,(H,25,29,30)/b4-3+. The molecule has 1 atom stereocenters. The predicted molar refractivity (Wildman–Crippen MR) is 127 cm³/mol. The number of aryl methyl sites for hydroxylation is 1. The van der Waals surface area contributed by atoms with Crippen LogP contribution in [0.2, 0.25) is 0 Å². The first-order valence-corrected chi connectivity index (χ1v) is 11.2. The average molecular weight is 453 g/mol. The van der Waals surface area contributed by atoms with Crippen LogP contribution in [0, 0.1) is 0 Å². The SMILES string of the molecule is C/C=C/CSc1nc2c(c(=O)[nH]c(=O)n2C)n1CC(O)COc1cccc2ccccc12. The largest absolute Gasteiger partial charge is 0.490 e. The van der Waals surface area contributed by atoms with Crippen LogP contribution in [0.1, 0.15) is 6.92 Å². The number of hydrogen-bond acceptors (Lipinski definition) is 6. The minimum atomic E-state index is -0.899. The van der Waals surface area contributed by atoms with Crippen LogP contribution in [-0.2, 0) is 13.6 Å². The van der Waals surface area contributed by atoms with Crippen LogP contribution >= 0.6 is 11.8 Å². The van der Waals surface area contributed by atoms with Crippen LogP contribution in [0.5, 0.6) is 5.75 Å². The van der Waals surface area contributed by atoms with Crippen molar-refractivity contribution in [2.24, 2.45) is 7.05 Å². The fraction of sp³-hybridized carbons (Fsp3) is 0.261. The number of allylic oxidation sites excluding steroid dienone is 1. The average Bonchev–Trinajstić information content (AvgIpc) is 3.15. The predicted octanol–water partition coefficient (Wildman–Crippen LogP) is 2.68. The Hall–Kier alpha value is -3.30. The number of imidazole rings is 1. The summed E-state index contributed by atoms with van der Waals surface area (Å²) in [6, 6.07) is 13.6. The van der Waals surface area contributed by atoms with Crippen LogP contribution in [0.3, 0.4) is 0 Å². The van der Waals surface area contributed by atoms with Gasteiger partial charge in [-0.15, -0.1) is 0 Å².